The third-order valence-electron chi connectivity index (χ3n) is 3.65. The average Bonchev–Trinajstić information content (AvgIpc) is 2.44. The van der Waals surface area contributed by atoms with E-state index in [0.717, 1.165) is 35.7 Å². The van der Waals surface area contributed by atoms with Crippen molar-refractivity contribution >= 4 is 10.8 Å². The summed E-state index contributed by atoms with van der Waals surface area (Å²) in [6.07, 6.45) is 1.47. The van der Waals surface area contributed by atoms with E-state index in [1.54, 1.807) is 6.92 Å². The Morgan fingerprint density at radius 3 is 2.60 bits per heavy atom. The normalized spacial score (nSPS) is 14.3. The number of hydrogen-bond donors (Lipinski definition) is 3. The predicted octanol–water partition coefficient (Wildman–Crippen LogP) is 3.36. The van der Waals surface area contributed by atoms with Crippen LogP contribution in [0.15, 0.2) is 36.4 Å². The van der Waals surface area contributed by atoms with Crippen LogP contribution < -0.4 is 5.32 Å². The minimum atomic E-state index is -0.249. The number of aromatic hydroxyl groups is 1. The highest BCUT2D eigenvalue weighted by Gasteiger charge is 2.12. The lowest BCUT2D eigenvalue weighted by atomic mass is 10.0. The van der Waals surface area contributed by atoms with Crippen LogP contribution in [0, 0.1) is 0 Å². The van der Waals surface area contributed by atoms with E-state index >= 15 is 0 Å². The molecular formula is C17H23NO2. The largest absolute Gasteiger partial charge is 0.507 e. The van der Waals surface area contributed by atoms with Gasteiger partial charge in [0.25, 0.3) is 0 Å². The minimum absolute atomic E-state index is 0.0913. The van der Waals surface area contributed by atoms with E-state index < -0.39 is 0 Å². The van der Waals surface area contributed by atoms with Gasteiger partial charge in [-0.05, 0) is 38.6 Å². The Morgan fingerprint density at radius 1 is 1.10 bits per heavy atom. The molecule has 0 spiro atoms. The highest BCUT2D eigenvalue weighted by molar-refractivity contribution is 5.89. The van der Waals surface area contributed by atoms with Crippen molar-refractivity contribution in [3.8, 4) is 5.75 Å². The molecule has 0 aliphatic rings. The molecule has 2 aromatic rings. The second-order valence-corrected chi connectivity index (χ2v) is 5.39. The second-order valence-electron chi connectivity index (χ2n) is 5.39. The molecule has 0 aromatic heterocycles. The van der Waals surface area contributed by atoms with Gasteiger partial charge >= 0.3 is 0 Å². The van der Waals surface area contributed by atoms with E-state index in [1.165, 1.54) is 0 Å². The summed E-state index contributed by atoms with van der Waals surface area (Å²) in [7, 11) is 0. The molecule has 2 unspecified atom stereocenters. The van der Waals surface area contributed by atoms with Crippen molar-refractivity contribution in [2.75, 3.05) is 6.54 Å². The average molecular weight is 273 g/mol. The lowest BCUT2D eigenvalue weighted by Crippen LogP contribution is -2.20. The van der Waals surface area contributed by atoms with E-state index in [-0.39, 0.29) is 12.1 Å². The summed E-state index contributed by atoms with van der Waals surface area (Å²) in [6, 6.07) is 12.0. The van der Waals surface area contributed by atoms with E-state index in [2.05, 4.69) is 5.32 Å². The molecular weight excluding hydrogens is 250 g/mol. The van der Waals surface area contributed by atoms with Crippen molar-refractivity contribution in [1.82, 2.24) is 5.32 Å². The molecule has 0 saturated heterocycles. The van der Waals surface area contributed by atoms with Crippen LogP contribution >= 0.6 is 0 Å². The number of hydrogen-bond acceptors (Lipinski definition) is 3. The van der Waals surface area contributed by atoms with Gasteiger partial charge in [0.1, 0.15) is 5.75 Å². The number of nitrogens with one attached hydrogen (secondary N) is 1. The maximum absolute atomic E-state index is 10.4. The Hall–Kier alpha value is -1.58. The van der Waals surface area contributed by atoms with Crippen molar-refractivity contribution in [2.24, 2.45) is 0 Å². The third-order valence-corrected chi connectivity index (χ3v) is 3.65. The van der Waals surface area contributed by atoms with Crippen LogP contribution in [0.2, 0.25) is 0 Å². The SMILES string of the molecule is CC(O)CCCNC(C)c1ccc2ccccc2c1O. The van der Waals surface area contributed by atoms with Crippen molar-refractivity contribution < 1.29 is 10.2 Å². The van der Waals surface area contributed by atoms with Gasteiger partial charge in [0.15, 0.2) is 0 Å². The fourth-order valence-electron chi connectivity index (χ4n) is 2.45. The van der Waals surface area contributed by atoms with Gasteiger partial charge in [0.05, 0.1) is 6.10 Å². The molecule has 0 heterocycles. The number of phenolic OH excluding ortho intramolecular Hbond substituents is 1. The van der Waals surface area contributed by atoms with Crippen LogP contribution in [0.1, 0.15) is 38.3 Å². The van der Waals surface area contributed by atoms with Crippen LogP contribution in [-0.2, 0) is 0 Å². The standard InChI is InChI=1S/C17H23NO2/c1-12(19)6-5-11-18-13(2)15-10-9-14-7-3-4-8-16(14)17(15)20/h3-4,7-10,12-13,18-20H,5-6,11H2,1-2H3. The molecule has 0 fully saturated rings. The monoisotopic (exact) mass is 273 g/mol. The third kappa shape index (κ3) is 3.50. The van der Waals surface area contributed by atoms with Gasteiger partial charge in [-0.3, -0.25) is 0 Å². The smallest absolute Gasteiger partial charge is 0.128 e. The lowest BCUT2D eigenvalue weighted by molar-refractivity contribution is 0.181. The summed E-state index contributed by atoms with van der Waals surface area (Å²) in [5.41, 5.74) is 0.917. The summed E-state index contributed by atoms with van der Waals surface area (Å²) in [4.78, 5) is 0. The summed E-state index contributed by atoms with van der Waals surface area (Å²) in [6.45, 7) is 4.68. The summed E-state index contributed by atoms with van der Waals surface area (Å²) >= 11 is 0. The molecule has 2 aromatic carbocycles. The number of fused-ring (bicyclic) bond motifs is 1. The van der Waals surface area contributed by atoms with Gasteiger partial charge < -0.3 is 15.5 Å². The van der Waals surface area contributed by atoms with E-state index in [4.69, 9.17) is 0 Å². The van der Waals surface area contributed by atoms with Gasteiger partial charge in [-0.1, -0.05) is 36.4 Å². The number of phenols is 1. The van der Waals surface area contributed by atoms with Crippen LogP contribution in [0.5, 0.6) is 5.75 Å². The van der Waals surface area contributed by atoms with E-state index in [0.29, 0.717) is 5.75 Å². The molecule has 3 nitrogen and oxygen atoms in total. The fourth-order valence-corrected chi connectivity index (χ4v) is 2.45. The van der Waals surface area contributed by atoms with Gasteiger partial charge in [-0.2, -0.15) is 0 Å². The first kappa shape index (κ1) is 14.8. The van der Waals surface area contributed by atoms with E-state index in [9.17, 15) is 10.2 Å². The van der Waals surface area contributed by atoms with Gasteiger partial charge in [-0.15, -0.1) is 0 Å². The molecule has 3 heteroatoms. The molecule has 108 valence electrons. The van der Waals surface area contributed by atoms with Crippen molar-refractivity contribution in [2.45, 2.75) is 38.8 Å². The Kier molecular flexibility index (Phi) is 4.99. The molecule has 0 aliphatic carbocycles. The lowest BCUT2D eigenvalue weighted by Gasteiger charge is -2.17. The molecule has 2 rings (SSSR count). The Bertz CT molecular complexity index is 566. The van der Waals surface area contributed by atoms with Gasteiger partial charge in [0.2, 0.25) is 0 Å². The van der Waals surface area contributed by atoms with Crippen molar-refractivity contribution in [3.05, 3.63) is 42.0 Å². The molecule has 0 radical (unpaired) electrons. The number of benzene rings is 2. The number of rotatable bonds is 6. The number of aliphatic hydroxyl groups excluding tert-OH is 1. The topological polar surface area (TPSA) is 52.5 Å². The van der Waals surface area contributed by atoms with Crippen LogP contribution in [-0.4, -0.2) is 22.9 Å². The highest BCUT2D eigenvalue weighted by Crippen LogP contribution is 2.32. The van der Waals surface area contributed by atoms with Crippen LogP contribution in [0.3, 0.4) is 0 Å². The van der Waals surface area contributed by atoms with E-state index in [1.807, 2.05) is 43.3 Å². The molecule has 0 bridgehead atoms. The molecule has 3 N–H and O–H groups in total. The molecule has 20 heavy (non-hydrogen) atoms. The maximum Gasteiger partial charge on any atom is 0.128 e. The first-order valence-electron chi connectivity index (χ1n) is 7.21. The zero-order valence-corrected chi connectivity index (χ0v) is 12.1. The highest BCUT2D eigenvalue weighted by atomic mass is 16.3. The number of aliphatic hydroxyl groups is 1. The zero-order valence-electron chi connectivity index (χ0n) is 12.1. The quantitative estimate of drug-likeness (QED) is 0.707. The molecule has 0 aliphatic heterocycles. The molecule has 0 saturated carbocycles. The van der Waals surface area contributed by atoms with Crippen LogP contribution in [0.4, 0.5) is 0 Å². The Labute approximate surface area is 120 Å². The summed E-state index contributed by atoms with van der Waals surface area (Å²) in [5.74, 6) is 0.360. The zero-order chi connectivity index (χ0) is 14.5. The van der Waals surface area contributed by atoms with Crippen molar-refractivity contribution in [1.29, 1.82) is 0 Å². The molecule has 2 atom stereocenters. The maximum atomic E-state index is 10.4. The van der Waals surface area contributed by atoms with Crippen LogP contribution in [0.25, 0.3) is 10.8 Å². The van der Waals surface area contributed by atoms with Gasteiger partial charge in [-0.25, -0.2) is 0 Å². The Morgan fingerprint density at radius 2 is 1.85 bits per heavy atom. The summed E-state index contributed by atoms with van der Waals surface area (Å²) in [5, 5.41) is 24.9. The predicted molar refractivity (Wildman–Crippen MR) is 82.9 cm³/mol. The second kappa shape index (κ2) is 6.73. The fraction of sp³-hybridized carbons (Fsp3) is 0.412. The van der Waals surface area contributed by atoms with Crippen molar-refractivity contribution in [3.63, 3.8) is 0 Å². The molecule has 0 amide bonds. The van der Waals surface area contributed by atoms with Gasteiger partial charge in [0, 0.05) is 17.0 Å². The minimum Gasteiger partial charge on any atom is -0.507 e. The first-order valence-corrected chi connectivity index (χ1v) is 7.21. The Balaban J connectivity index is 2.06. The summed E-state index contributed by atoms with van der Waals surface area (Å²) < 4.78 is 0. The first-order chi connectivity index (χ1) is 9.59.